The van der Waals surface area contributed by atoms with Gasteiger partial charge in [0.2, 0.25) is 0 Å². The van der Waals surface area contributed by atoms with Gasteiger partial charge in [-0.05, 0) is 52.7 Å². The highest BCUT2D eigenvalue weighted by molar-refractivity contribution is 9.11. The first-order valence-corrected chi connectivity index (χ1v) is 8.60. The second kappa shape index (κ2) is 6.11. The molecular formula is C14H13BrN2OS2. The van der Waals surface area contributed by atoms with Crippen molar-refractivity contribution >= 4 is 54.0 Å². The quantitative estimate of drug-likeness (QED) is 0.703. The van der Waals surface area contributed by atoms with Gasteiger partial charge in [-0.25, -0.2) is 4.98 Å². The standard InChI is InChI=1S/C14H13BrN2OS2/c1-18-9-2-4-11-12(8-9)20-14(17-11)16-7-6-10-3-5-13(15)19-10/h2-5,8H,6-7H2,1H3,(H,16,17). The lowest BCUT2D eigenvalue weighted by molar-refractivity contribution is 0.415. The summed E-state index contributed by atoms with van der Waals surface area (Å²) in [5.74, 6) is 0.871. The molecule has 0 unspecified atom stereocenters. The number of hydrogen-bond acceptors (Lipinski definition) is 5. The molecule has 0 spiro atoms. The molecule has 0 bridgehead atoms. The Morgan fingerprint density at radius 1 is 1.25 bits per heavy atom. The monoisotopic (exact) mass is 368 g/mol. The van der Waals surface area contributed by atoms with Crippen LogP contribution < -0.4 is 10.1 Å². The molecule has 104 valence electrons. The topological polar surface area (TPSA) is 34.1 Å². The molecule has 0 amide bonds. The summed E-state index contributed by atoms with van der Waals surface area (Å²) < 4.78 is 7.55. The molecule has 0 radical (unpaired) electrons. The lowest BCUT2D eigenvalue weighted by Crippen LogP contribution is -2.03. The third-order valence-electron chi connectivity index (χ3n) is 2.87. The number of thiophene rings is 1. The molecule has 3 rings (SSSR count). The number of aromatic nitrogens is 1. The smallest absolute Gasteiger partial charge is 0.183 e. The highest BCUT2D eigenvalue weighted by atomic mass is 79.9. The van der Waals surface area contributed by atoms with Gasteiger partial charge in [0.1, 0.15) is 5.75 Å². The van der Waals surface area contributed by atoms with E-state index in [2.05, 4.69) is 38.4 Å². The second-order valence-corrected chi connectivity index (χ2v) is 7.81. The summed E-state index contributed by atoms with van der Waals surface area (Å²) in [6, 6.07) is 10.2. The molecule has 0 fully saturated rings. The zero-order chi connectivity index (χ0) is 13.9. The van der Waals surface area contributed by atoms with Crippen molar-refractivity contribution in [2.24, 2.45) is 0 Å². The first-order valence-electron chi connectivity index (χ1n) is 6.17. The van der Waals surface area contributed by atoms with E-state index in [1.807, 2.05) is 18.2 Å². The van der Waals surface area contributed by atoms with Crippen LogP contribution in [0.3, 0.4) is 0 Å². The predicted octanol–water partition coefficient (Wildman–Crippen LogP) is 4.78. The largest absolute Gasteiger partial charge is 0.497 e. The van der Waals surface area contributed by atoms with Crippen molar-refractivity contribution in [1.29, 1.82) is 0 Å². The Labute approximate surface area is 133 Å². The molecule has 3 nitrogen and oxygen atoms in total. The first kappa shape index (κ1) is 13.9. The van der Waals surface area contributed by atoms with Crippen LogP contribution in [0, 0.1) is 0 Å². The SMILES string of the molecule is COc1ccc2nc(NCCc3ccc(Br)s3)sc2c1. The van der Waals surface area contributed by atoms with Crippen molar-refractivity contribution in [2.45, 2.75) is 6.42 Å². The number of nitrogens with one attached hydrogen (secondary N) is 1. The Morgan fingerprint density at radius 2 is 2.15 bits per heavy atom. The predicted molar refractivity (Wildman–Crippen MR) is 90.4 cm³/mol. The number of rotatable bonds is 5. The molecule has 6 heteroatoms. The molecule has 20 heavy (non-hydrogen) atoms. The molecule has 0 aliphatic rings. The van der Waals surface area contributed by atoms with Crippen LogP contribution in [0.2, 0.25) is 0 Å². The van der Waals surface area contributed by atoms with E-state index >= 15 is 0 Å². The van der Waals surface area contributed by atoms with Gasteiger partial charge < -0.3 is 10.1 Å². The number of ether oxygens (including phenoxy) is 1. The minimum Gasteiger partial charge on any atom is -0.497 e. The third-order valence-corrected chi connectivity index (χ3v) is 5.53. The van der Waals surface area contributed by atoms with Crippen molar-refractivity contribution in [3.05, 3.63) is 39.0 Å². The summed E-state index contributed by atoms with van der Waals surface area (Å²) in [5.41, 5.74) is 1.01. The maximum atomic E-state index is 5.23. The van der Waals surface area contributed by atoms with Crippen LogP contribution >= 0.6 is 38.6 Å². The van der Waals surface area contributed by atoms with Crippen LogP contribution in [0.5, 0.6) is 5.75 Å². The fraction of sp³-hybridized carbons (Fsp3) is 0.214. The summed E-state index contributed by atoms with van der Waals surface area (Å²) in [6.45, 7) is 0.893. The lowest BCUT2D eigenvalue weighted by Gasteiger charge is -1.99. The van der Waals surface area contributed by atoms with E-state index in [9.17, 15) is 0 Å². The molecule has 1 aromatic carbocycles. The van der Waals surface area contributed by atoms with Crippen molar-refractivity contribution in [1.82, 2.24) is 4.98 Å². The normalized spacial score (nSPS) is 10.9. The van der Waals surface area contributed by atoms with Gasteiger partial charge in [-0.1, -0.05) is 11.3 Å². The van der Waals surface area contributed by atoms with Gasteiger partial charge in [-0.3, -0.25) is 0 Å². The minimum atomic E-state index is 0.871. The van der Waals surface area contributed by atoms with E-state index in [1.54, 1.807) is 29.8 Å². The van der Waals surface area contributed by atoms with Crippen molar-refractivity contribution in [3.63, 3.8) is 0 Å². The van der Waals surface area contributed by atoms with Gasteiger partial charge >= 0.3 is 0 Å². The number of hydrogen-bond donors (Lipinski definition) is 1. The third kappa shape index (κ3) is 3.13. The van der Waals surface area contributed by atoms with E-state index in [4.69, 9.17) is 4.74 Å². The summed E-state index contributed by atoms with van der Waals surface area (Å²) in [7, 11) is 1.68. The minimum absolute atomic E-state index is 0.871. The van der Waals surface area contributed by atoms with Crippen LogP contribution in [-0.4, -0.2) is 18.6 Å². The van der Waals surface area contributed by atoms with Crippen LogP contribution in [0.25, 0.3) is 10.2 Å². The van der Waals surface area contributed by atoms with Crippen molar-refractivity contribution in [3.8, 4) is 5.75 Å². The molecule has 0 atom stereocenters. The number of thiazole rings is 1. The Morgan fingerprint density at radius 3 is 2.90 bits per heavy atom. The van der Waals surface area contributed by atoms with Gasteiger partial charge in [0.15, 0.2) is 5.13 Å². The average Bonchev–Trinajstić information content (AvgIpc) is 3.03. The van der Waals surface area contributed by atoms with Gasteiger partial charge in [-0.2, -0.15) is 0 Å². The van der Waals surface area contributed by atoms with E-state index in [0.717, 1.165) is 34.1 Å². The summed E-state index contributed by atoms with van der Waals surface area (Å²) in [4.78, 5) is 5.94. The lowest BCUT2D eigenvalue weighted by atomic mass is 10.3. The van der Waals surface area contributed by atoms with E-state index in [0.29, 0.717) is 0 Å². The zero-order valence-electron chi connectivity index (χ0n) is 10.9. The molecule has 2 aromatic heterocycles. The van der Waals surface area contributed by atoms with E-state index in [-0.39, 0.29) is 0 Å². The number of fused-ring (bicyclic) bond motifs is 1. The fourth-order valence-electron chi connectivity index (χ4n) is 1.89. The molecule has 0 saturated carbocycles. The molecule has 0 aliphatic carbocycles. The number of methoxy groups -OCH3 is 1. The Kier molecular flexibility index (Phi) is 4.24. The highest BCUT2D eigenvalue weighted by Crippen LogP contribution is 2.29. The Hall–Kier alpha value is -1.11. The fourth-order valence-corrected chi connectivity index (χ4v) is 4.29. The summed E-state index contributed by atoms with van der Waals surface area (Å²) in [5, 5.41) is 4.35. The highest BCUT2D eigenvalue weighted by Gasteiger charge is 2.05. The second-order valence-electron chi connectivity index (χ2n) is 4.24. The number of nitrogens with zero attached hydrogens (tertiary/aromatic N) is 1. The van der Waals surface area contributed by atoms with Gasteiger partial charge in [0.05, 0.1) is 21.1 Å². The number of halogens is 1. The van der Waals surface area contributed by atoms with Gasteiger partial charge in [0, 0.05) is 11.4 Å². The Bertz CT molecular complexity index is 723. The van der Waals surface area contributed by atoms with E-state index < -0.39 is 0 Å². The van der Waals surface area contributed by atoms with Crippen LogP contribution in [0.15, 0.2) is 34.1 Å². The van der Waals surface area contributed by atoms with Crippen LogP contribution in [-0.2, 0) is 6.42 Å². The van der Waals surface area contributed by atoms with E-state index in [1.165, 1.54) is 8.66 Å². The maximum Gasteiger partial charge on any atom is 0.183 e. The summed E-state index contributed by atoms with van der Waals surface area (Å²) in [6.07, 6.45) is 1.01. The van der Waals surface area contributed by atoms with Crippen molar-refractivity contribution < 1.29 is 4.74 Å². The summed E-state index contributed by atoms with van der Waals surface area (Å²) >= 11 is 6.92. The van der Waals surface area contributed by atoms with Crippen LogP contribution in [0.4, 0.5) is 5.13 Å². The molecule has 0 aliphatic heterocycles. The van der Waals surface area contributed by atoms with Gasteiger partial charge in [-0.15, -0.1) is 11.3 Å². The number of benzene rings is 1. The molecule has 0 saturated heterocycles. The molecule has 3 aromatic rings. The molecular weight excluding hydrogens is 356 g/mol. The Balaban J connectivity index is 1.65. The first-order chi connectivity index (χ1) is 9.74. The average molecular weight is 369 g/mol. The number of anilines is 1. The van der Waals surface area contributed by atoms with Gasteiger partial charge in [0.25, 0.3) is 0 Å². The molecule has 1 N–H and O–H groups in total. The maximum absolute atomic E-state index is 5.23. The molecule has 2 heterocycles. The zero-order valence-corrected chi connectivity index (χ0v) is 14.1. The van der Waals surface area contributed by atoms with Crippen molar-refractivity contribution in [2.75, 3.05) is 19.0 Å². The van der Waals surface area contributed by atoms with Crippen LogP contribution in [0.1, 0.15) is 4.88 Å².